The highest BCUT2D eigenvalue weighted by Crippen LogP contribution is 2.09. The average Bonchev–Trinajstić information content (AvgIpc) is 3.00. The number of hydrogen-bond acceptors (Lipinski definition) is 2. The van der Waals surface area contributed by atoms with Gasteiger partial charge in [-0.1, -0.05) is 11.6 Å². The van der Waals surface area contributed by atoms with Crippen LogP contribution in [0.2, 0.25) is 5.02 Å². The largest absolute Gasteiger partial charge is 0.354 e. The molecule has 0 radical (unpaired) electrons. The standard InChI is InChI=1S/C18H24ClN5O.HI/c1-20-18(24(3)13-16-5-4-12-23(16)2)22-11-10-21-17(25)14-6-8-15(19)9-7-14;/h4-9,12H,10-11,13H2,1-3H3,(H,20,22)(H,21,25);1H. The van der Waals surface area contributed by atoms with Crippen LogP contribution in [0.5, 0.6) is 0 Å². The Bertz CT molecular complexity index is 729. The molecule has 8 heteroatoms. The van der Waals surface area contributed by atoms with Gasteiger partial charge in [-0.15, -0.1) is 24.0 Å². The van der Waals surface area contributed by atoms with Gasteiger partial charge in [0.2, 0.25) is 0 Å². The van der Waals surface area contributed by atoms with Gasteiger partial charge in [-0.3, -0.25) is 9.79 Å². The van der Waals surface area contributed by atoms with Gasteiger partial charge in [-0.05, 0) is 36.4 Å². The lowest BCUT2D eigenvalue weighted by Crippen LogP contribution is -2.42. The second-order valence-corrected chi connectivity index (χ2v) is 6.14. The van der Waals surface area contributed by atoms with E-state index in [0.29, 0.717) is 23.7 Å². The minimum absolute atomic E-state index is 0. The summed E-state index contributed by atoms with van der Waals surface area (Å²) in [5, 5.41) is 6.73. The first-order valence-corrected chi connectivity index (χ1v) is 8.45. The minimum atomic E-state index is -0.120. The first kappa shape index (κ1) is 22.3. The van der Waals surface area contributed by atoms with Gasteiger partial charge in [0.15, 0.2) is 5.96 Å². The predicted octanol–water partition coefficient (Wildman–Crippen LogP) is 2.73. The molecule has 0 atom stereocenters. The summed E-state index contributed by atoms with van der Waals surface area (Å²) in [6.45, 7) is 1.84. The van der Waals surface area contributed by atoms with Gasteiger partial charge in [0.05, 0.1) is 6.54 Å². The van der Waals surface area contributed by atoms with Crippen molar-refractivity contribution < 1.29 is 4.79 Å². The Morgan fingerprint density at radius 3 is 2.42 bits per heavy atom. The van der Waals surface area contributed by atoms with Crippen LogP contribution >= 0.6 is 35.6 Å². The molecule has 2 N–H and O–H groups in total. The second kappa shape index (κ2) is 11.1. The number of aryl methyl sites for hydroxylation is 1. The maximum atomic E-state index is 12.0. The van der Waals surface area contributed by atoms with E-state index in [4.69, 9.17) is 11.6 Å². The maximum Gasteiger partial charge on any atom is 0.251 e. The topological polar surface area (TPSA) is 61.7 Å². The molecule has 142 valence electrons. The lowest BCUT2D eigenvalue weighted by atomic mass is 10.2. The number of nitrogens with zero attached hydrogens (tertiary/aromatic N) is 3. The Morgan fingerprint density at radius 2 is 1.85 bits per heavy atom. The Morgan fingerprint density at radius 1 is 1.19 bits per heavy atom. The van der Waals surface area contributed by atoms with Crippen molar-refractivity contribution in [3.63, 3.8) is 0 Å². The molecule has 0 fully saturated rings. The summed E-state index contributed by atoms with van der Waals surface area (Å²) >= 11 is 5.82. The third-order valence-electron chi connectivity index (χ3n) is 3.82. The molecule has 1 amide bonds. The van der Waals surface area contributed by atoms with E-state index in [2.05, 4.69) is 26.3 Å². The van der Waals surface area contributed by atoms with Crippen molar-refractivity contribution in [2.24, 2.45) is 12.0 Å². The summed E-state index contributed by atoms with van der Waals surface area (Å²) in [4.78, 5) is 18.3. The van der Waals surface area contributed by atoms with E-state index >= 15 is 0 Å². The van der Waals surface area contributed by atoms with Crippen LogP contribution in [0.1, 0.15) is 16.1 Å². The van der Waals surface area contributed by atoms with Crippen LogP contribution in [0.25, 0.3) is 0 Å². The molecule has 2 rings (SSSR count). The fourth-order valence-electron chi connectivity index (χ4n) is 2.42. The van der Waals surface area contributed by atoms with Crippen LogP contribution < -0.4 is 10.6 Å². The first-order valence-electron chi connectivity index (χ1n) is 8.07. The summed E-state index contributed by atoms with van der Waals surface area (Å²) in [5.41, 5.74) is 1.79. The Kier molecular flexibility index (Phi) is 9.50. The van der Waals surface area contributed by atoms with E-state index in [0.717, 1.165) is 12.5 Å². The molecule has 1 heterocycles. The molecule has 1 aromatic carbocycles. The van der Waals surface area contributed by atoms with E-state index in [1.807, 2.05) is 31.3 Å². The molecule has 0 spiro atoms. The molecule has 0 aliphatic rings. The molecule has 6 nitrogen and oxygen atoms in total. The van der Waals surface area contributed by atoms with Gasteiger partial charge in [0, 0.05) is 56.7 Å². The van der Waals surface area contributed by atoms with E-state index in [1.165, 1.54) is 5.69 Å². The number of halogens is 2. The third kappa shape index (κ3) is 6.53. The number of nitrogens with one attached hydrogen (secondary N) is 2. The molecule has 0 bridgehead atoms. The highest BCUT2D eigenvalue weighted by molar-refractivity contribution is 14.0. The zero-order valence-corrected chi connectivity index (χ0v) is 18.3. The summed E-state index contributed by atoms with van der Waals surface area (Å²) in [6.07, 6.45) is 2.02. The summed E-state index contributed by atoms with van der Waals surface area (Å²) in [7, 11) is 5.75. The predicted molar refractivity (Wildman–Crippen MR) is 117 cm³/mol. The van der Waals surface area contributed by atoms with Gasteiger partial charge < -0.3 is 20.1 Å². The van der Waals surface area contributed by atoms with Gasteiger partial charge in [-0.25, -0.2) is 0 Å². The number of amides is 1. The van der Waals surface area contributed by atoms with Crippen molar-refractivity contribution in [1.29, 1.82) is 0 Å². The lowest BCUT2D eigenvalue weighted by Gasteiger charge is -2.22. The highest BCUT2D eigenvalue weighted by atomic mass is 127. The monoisotopic (exact) mass is 489 g/mol. The zero-order valence-electron chi connectivity index (χ0n) is 15.2. The number of guanidine groups is 1. The second-order valence-electron chi connectivity index (χ2n) is 5.70. The van der Waals surface area contributed by atoms with Gasteiger partial charge in [-0.2, -0.15) is 0 Å². The van der Waals surface area contributed by atoms with Crippen LogP contribution in [-0.4, -0.2) is 48.5 Å². The molecule has 0 aliphatic carbocycles. The van der Waals surface area contributed by atoms with Crippen molar-refractivity contribution in [2.75, 3.05) is 27.2 Å². The zero-order chi connectivity index (χ0) is 18.2. The van der Waals surface area contributed by atoms with Gasteiger partial charge >= 0.3 is 0 Å². The molecule has 1 aromatic heterocycles. The first-order chi connectivity index (χ1) is 12.0. The smallest absolute Gasteiger partial charge is 0.251 e. The van der Waals surface area contributed by atoms with Gasteiger partial charge in [0.1, 0.15) is 0 Å². The number of aromatic nitrogens is 1. The van der Waals surface area contributed by atoms with E-state index in [9.17, 15) is 4.79 Å². The normalized spacial score (nSPS) is 10.8. The Hall–Kier alpha value is -1.74. The molecular weight excluding hydrogens is 465 g/mol. The summed E-state index contributed by atoms with van der Waals surface area (Å²) < 4.78 is 2.08. The van der Waals surface area contributed by atoms with E-state index in [-0.39, 0.29) is 29.9 Å². The van der Waals surface area contributed by atoms with Crippen molar-refractivity contribution in [2.45, 2.75) is 6.54 Å². The number of hydrogen-bond donors (Lipinski definition) is 2. The minimum Gasteiger partial charge on any atom is -0.354 e. The summed E-state index contributed by atoms with van der Waals surface area (Å²) in [6, 6.07) is 10.9. The van der Waals surface area contributed by atoms with Crippen LogP contribution in [0.4, 0.5) is 0 Å². The fourth-order valence-corrected chi connectivity index (χ4v) is 2.54. The van der Waals surface area contributed by atoms with E-state index in [1.54, 1.807) is 31.3 Å². The van der Waals surface area contributed by atoms with Crippen LogP contribution in [0, 0.1) is 0 Å². The molecule has 0 aliphatic heterocycles. The number of aliphatic imine (C=N–C) groups is 1. The fraction of sp³-hybridized carbons (Fsp3) is 0.333. The molecule has 2 aromatic rings. The maximum absolute atomic E-state index is 12.0. The quantitative estimate of drug-likeness (QED) is 0.284. The Balaban J connectivity index is 0.00000338. The SMILES string of the molecule is CN=C(NCCNC(=O)c1ccc(Cl)cc1)N(C)Cc1cccn1C.I. The number of benzene rings is 1. The highest BCUT2D eigenvalue weighted by Gasteiger charge is 2.08. The van der Waals surface area contributed by atoms with Crippen molar-refractivity contribution in [3.05, 3.63) is 58.9 Å². The summed E-state index contributed by atoms with van der Waals surface area (Å²) in [5.74, 6) is 0.660. The molecular formula is C18H25ClIN5O. The molecule has 0 unspecified atom stereocenters. The van der Waals surface area contributed by atoms with Crippen LogP contribution in [0.3, 0.4) is 0 Å². The number of carbonyl (C=O) groups is 1. The molecule has 0 saturated heterocycles. The van der Waals surface area contributed by atoms with Crippen LogP contribution in [0.15, 0.2) is 47.6 Å². The van der Waals surface area contributed by atoms with Gasteiger partial charge in [0.25, 0.3) is 5.91 Å². The Labute approximate surface area is 176 Å². The van der Waals surface area contributed by atoms with Crippen molar-refractivity contribution in [1.82, 2.24) is 20.1 Å². The number of carbonyl (C=O) groups excluding carboxylic acids is 1. The third-order valence-corrected chi connectivity index (χ3v) is 4.08. The number of rotatable bonds is 6. The van der Waals surface area contributed by atoms with E-state index < -0.39 is 0 Å². The molecule has 0 saturated carbocycles. The van der Waals surface area contributed by atoms with Crippen LogP contribution in [-0.2, 0) is 13.6 Å². The molecule has 26 heavy (non-hydrogen) atoms. The van der Waals surface area contributed by atoms with Crippen molar-refractivity contribution >= 4 is 47.4 Å². The lowest BCUT2D eigenvalue weighted by molar-refractivity contribution is 0.0954. The average molecular weight is 490 g/mol. The van der Waals surface area contributed by atoms with Crippen molar-refractivity contribution in [3.8, 4) is 0 Å².